The van der Waals surface area contributed by atoms with Crippen molar-refractivity contribution in [2.75, 3.05) is 33.4 Å². The highest BCUT2D eigenvalue weighted by molar-refractivity contribution is 5.71. The number of hydrogen-bond donors (Lipinski definition) is 0. The molecule has 0 N–H and O–H groups in total. The van der Waals surface area contributed by atoms with Gasteiger partial charge in [0.05, 0.1) is 7.11 Å². The molecule has 1 atom stereocenters. The van der Waals surface area contributed by atoms with Gasteiger partial charge in [-0.1, -0.05) is 0 Å². The minimum Gasteiger partial charge on any atom is -0.497 e. The SMILES string of the molecule is COc1ccc(OCC(=O)OC2CN3CCC2CC3)cc1. The van der Waals surface area contributed by atoms with E-state index in [1.807, 2.05) is 0 Å². The molecule has 0 aliphatic carbocycles. The Kier molecular flexibility index (Phi) is 4.29. The lowest BCUT2D eigenvalue weighted by Crippen LogP contribution is -2.52. The van der Waals surface area contributed by atoms with Crippen LogP contribution in [0.25, 0.3) is 0 Å². The summed E-state index contributed by atoms with van der Waals surface area (Å²) in [6, 6.07) is 7.16. The smallest absolute Gasteiger partial charge is 0.344 e. The van der Waals surface area contributed by atoms with Crippen LogP contribution in [0.2, 0.25) is 0 Å². The lowest BCUT2D eigenvalue weighted by Gasteiger charge is -2.43. The van der Waals surface area contributed by atoms with Crippen molar-refractivity contribution in [3.63, 3.8) is 0 Å². The van der Waals surface area contributed by atoms with Crippen LogP contribution >= 0.6 is 0 Å². The molecule has 0 radical (unpaired) electrons. The Balaban J connectivity index is 1.45. The van der Waals surface area contributed by atoms with E-state index < -0.39 is 0 Å². The van der Waals surface area contributed by atoms with Gasteiger partial charge < -0.3 is 14.2 Å². The Morgan fingerprint density at radius 2 is 1.86 bits per heavy atom. The number of methoxy groups -OCH3 is 1. The van der Waals surface area contributed by atoms with Crippen LogP contribution in [-0.4, -0.2) is 50.3 Å². The highest BCUT2D eigenvalue weighted by Crippen LogP contribution is 2.29. The van der Waals surface area contributed by atoms with Gasteiger partial charge in [0, 0.05) is 6.54 Å². The molecule has 0 spiro atoms. The van der Waals surface area contributed by atoms with Gasteiger partial charge in [-0.3, -0.25) is 4.90 Å². The number of fused-ring (bicyclic) bond motifs is 3. The van der Waals surface area contributed by atoms with E-state index in [9.17, 15) is 4.79 Å². The molecule has 114 valence electrons. The molecular formula is C16H21NO4. The van der Waals surface area contributed by atoms with Crippen LogP contribution < -0.4 is 9.47 Å². The minimum atomic E-state index is -0.287. The maximum atomic E-state index is 11.9. The van der Waals surface area contributed by atoms with Crippen molar-refractivity contribution in [1.82, 2.24) is 4.90 Å². The van der Waals surface area contributed by atoms with Gasteiger partial charge >= 0.3 is 5.97 Å². The normalized spacial score (nSPS) is 27.2. The van der Waals surface area contributed by atoms with E-state index in [0.717, 1.165) is 38.2 Å². The molecule has 3 aliphatic heterocycles. The summed E-state index contributed by atoms with van der Waals surface area (Å²) in [4.78, 5) is 14.3. The molecule has 0 amide bonds. The molecule has 3 heterocycles. The lowest BCUT2D eigenvalue weighted by atomic mass is 9.86. The summed E-state index contributed by atoms with van der Waals surface area (Å²) in [6.45, 7) is 3.11. The zero-order valence-corrected chi connectivity index (χ0v) is 12.3. The second-order valence-corrected chi connectivity index (χ2v) is 5.63. The number of esters is 1. The quantitative estimate of drug-likeness (QED) is 0.773. The number of ether oxygens (including phenoxy) is 3. The van der Waals surface area contributed by atoms with Gasteiger partial charge in [-0.15, -0.1) is 0 Å². The molecule has 3 fully saturated rings. The fourth-order valence-corrected chi connectivity index (χ4v) is 3.06. The van der Waals surface area contributed by atoms with E-state index in [1.54, 1.807) is 31.4 Å². The fraction of sp³-hybridized carbons (Fsp3) is 0.562. The van der Waals surface area contributed by atoms with E-state index in [0.29, 0.717) is 11.7 Å². The topological polar surface area (TPSA) is 48.0 Å². The summed E-state index contributed by atoms with van der Waals surface area (Å²) in [5.41, 5.74) is 0. The summed E-state index contributed by atoms with van der Waals surface area (Å²) in [5, 5.41) is 0. The van der Waals surface area contributed by atoms with Crippen molar-refractivity contribution in [2.24, 2.45) is 5.92 Å². The number of carbonyl (C=O) groups excluding carboxylic acids is 1. The van der Waals surface area contributed by atoms with Crippen LogP contribution in [0.4, 0.5) is 0 Å². The molecule has 0 saturated carbocycles. The maximum Gasteiger partial charge on any atom is 0.344 e. The van der Waals surface area contributed by atoms with Crippen LogP contribution in [0, 0.1) is 5.92 Å². The first kappa shape index (κ1) is 14.2. The number of hydrogen-bond acceptors (Lipinski definition) is 5. The Labute approximate surface area is 124 Å². The van der Waals surface area contributed by atoms with Gasteiger partial charge in [-0.05, 0) is 56.1 Å². The predicted octanol–water partition coefficient (Wildman–Crippen LogP) is 1.71. The van der Waals surface area contributed by atoms with Crippen molar-refractivity contribution in [1.29, 1.82) is 0 Å². The van der Waals surface area contributed by atoms with Gasteiger partial charge in [-0.2, -0.15) is 0 Å². The molecule has 4 rings (SSSR count). The standard InChI is InChI=1S/C16H21NO4/c1-19-13-2-4-14(5-3-13)20-11-16(18)21-15-10-17-8-6-12(15)7-9-17/h2-5,12,15H,6-11H2,1H3. The van der Waals surface area contributed by atoms with Crippen LogP contribution in [0.1, 0.15) is 12.8 Å². The Morgan fingerprint density at radius 3 is 2.43 bits per heavy atom. The summed E-state index contributed by atoms with van der Waals surface area (Å²) in [6.07, 6.45) is 2.31. The van der Waals surface area contributed by atoms with E-state index in [-0.39, 0.29) is 18.7 Å². The summed E-state index contributed by atoms with van der Waals surface area (Å²) < 4.78 is 16.1. The minimum absolute atomic E-state index is 0.0412. The van der Waals surface area contributed by atoms with Crippen LogP contribution in [0.3, 0.4) is 0 Å². The van der Waals surface area contributed by atoms with Gasteiger partial charge in [0.1, 0.15) is 17.6 Å². The first-order valence-electron chi connectivity index (χ1n) is 7.43. The Morgan fingerprint density at radius 1 is 1.19 bits per heavy atom. The number of carbonyl (C=O) groups is 1. The Bertz CT molecular complexity index is 480. The van der Waals surface area contributed by atoms with Gasteiger partial charge in [0.2, 0.25) is 0 Å². The van der Waals surface area contributed by atoms with E-state index in [2.05, 4.69) is 4.90 Å². The van der Waals surface area contributed by atoms with Crippen molar-refractivity contribution >= 4 is 5.97 Å². The first-order valence-corrected chi connectivity index (χ1v) is 7.43. The molecule has 1 aromatic rings. The molecule has 0 aromatic heterocycles. The fourth-order valence-electron chi connectivity index (χ4n) is 3.06. The van der Waals surface area contributed by atoms with Crippen LogP contribution in [0.5, 0.6) is 11.5 Å². The molecular weight excluding hydrogens is 270 g/mol. The monoisotopic (exact) mass is 291 g/mol. The largest absolute Gasteiger partial charge is 0.497 e. The summed E-state index contributed by atoms with van der Waals surface area (Å²) in [5.74, 6) is 1.64. The van der Waals surface area contributed by atoms with Crippen molar-refractivity contribution in [3.8, 4) is 11.5 Å². The lowest BCUT2D eigenvalue weighted by molar-refractivity contribution is -0.161. The molecule has 2 bridgehead atoms. The van der Waals surface area contributed by atoms with Crippen LogP contribution in [-0.2, 0) is 9.53 Å². The van der Waals surface area contributed by atoms with Gasteiger partial charge in [0.15, 0.2) is 6.61 Å². The number of piperidine rings is 3. The van der Waals surface area contributed by atoms with E-state index >= 15 is 0 Å². The van der Waals surface area contributed by atoms with Crippen LogP contribution in [0.15, 0.2) is 24.3 Å². The maximum absolute atomic E-state index is 11.9. The third-order valence-electron chi connectivity index (χ3n) is 4.30. The van der Waals surface area contributed by atoms with Crippen molar-refractivity contribution in [2.45, 2.75) is 18.9 Å². The number of nitrogens with zero attached hydrogens (tertiary/aromatic N) is 1. The predicted molar refractivity (Wildman–Crippen MR) is 77.5 cm³/mol. The molecule has 5 heteroatoms. The van der Waals surface area contributed by atoms with E-state index in [4.69, 9.17) is 14.2 Å². The number of rotatable bonds is 5. The van der Waals surface area contributed by atoms with Crippen molar-refractivity contribution in [3.05, 3.63) is 24.3 Å². The van der Waals surface area contributed by atoms with Crippen molar-refractivity contribution < 1.29 is 19.0 Å². The van der Waals surface area contributed by atoms with Gasteiger partial charge in [-0.25, -0.2) is 4.79 Å². The third-order valence-corrected chi connectivity index (χ3v) is 4.30. The molecule has 1 aromatic carbocycles. The average molecular weight is 291 g/mol. The highest BCUT2D eigenvalue weighted by Gasteiger charge is 2.36. The summed E-state index contributed by atoms with van der Waals surface area (Å²) in [7, 11) is 1.61. The number of benzene rings is 1. The molecule has 5 nitrogen and oxygen atoms in total. The second kappa shape index (κ2) is 6.35. The highest BCUT2D eigenvalue weighted by atomic mass is 16.6. The molecule has 1 unspecified atom stereocenters. The summed E-state index contributed by atoms with van der Waals surface area (Å²) >= 11 is 0. The second-order valence-electron chi connectivity index (χ2n) is 5.63. The molecule has 3 aliphatic rings. The molecule has 21 heavy (non-hydrogen) atoms. The average Bonchev–Trinajstić information content (AvgIpc) is 2.54. The van der Waals surface area contributed by atoms with E-state index in [1.165, 1.54) is 0 Å². The Hall–Kier alpha value is -1.75. The first-order chi connectivity index (χ1) is 10.2. The van der Waals surface area contributed by atoms with Gasteiger partial charge in [0.25, 0.3) is 0 Å². The molecule has 3 saturated heterocycles. The zero-order valence-electron chi connectivity index (χ0n) is 12.3. The zero-order chi connectivity index (χ0) is 14.7. The third kappa shape index (κ3) is 3.47.